The quantitative estimate of drug-likeness (QED) is 0.889. The fourth-order valence-electron chi connectivity index (χ4n) is 2.28. The molecule has 0 spiro atoms. The van der Waals surface area contributed by atoms with Gasteiger partial charge in [0.2, 0.25) is 0 Å². The van der Waals surface area contributed by atoms with Gasteiger partial charge in [-0.25, -0.2) is 4.98 Å². The second kappa shape index (κ2) is 5.36. The number of aromatic nitrogens is 1. The van der Waals surface area contributed by atoms with Gasteiger partial charge in [-0.2, -0.15) is 13.2 Å². The van der Waals surface area contributed by atoms with Crippen molar-refractivity contribution < 1.29 is 13.2 Å². The smallest absolute Gasteiger partial charge is 0.369 e. The number of pyridine rings is 1. The number of rotatable bonds is 3. The molecule has 0 aromatic carbocycles. The van der Waals surface area contributed by atoms with Crippen LogP contribution in [0.5, 0.6) is 0 Å². The number of hydrogen-bond acceptors (Lipinski definition) is 3. The van der Waals surface area contributed by atoms with Crippen LogP contribution in [0.1, 0.15) is 25.3 Å². The summed E-state index contributed by atoms with van der Waals surface area (Å²) in [4.78, 5) is 3.94. The first-order valence-corrected chi connectivity index (χ1v) is 6.37. The van der Waals surface area contributed by atoms with Crippen molar-refractivity contribution in [3.05, 3.63) is 23.9 Å². The minimum atomic E-state index is -4.32. The van der Waals surface area contributed by atoms with Crippen LogP contribution in [0.3, 0.4) is 0 Å². The van der Waals surface area contributed by atoms with E-state index in [1.54, 1.807) is 0 Å². The molecule has 19 heavy (non-hydrogen) atoms. The standard InChI is InChI=1S/C13H18F3N3/c1-12(4-2-5-17-8-12)9-19-11-7-10(3-6-18-11)13(14,15)16/h3,6-7,17H,2,4-5,8-9H2,1H3,(H,18,19). The lowest BCUT2D eigenvalue weighted by molar-refractivity contribution is -0.137. The zero-order valence-corrected chi connectivity index (χ0v) is 10.8. The Labute approximate surface area is 110 Å². The van der Waals surface area contributed by atoms with Gasteiger partial charge in [0.25, 0.3) is 0 Å². The molecule has 6 heteroatoms. The molecule has 2 rings (SSSR count). The lowest BCUT2D eigenvalue weighted by Crippen LogP contribution is -2.42. The van der Waals surface area contributed by atoms with Gasteiger partial charge >= 0.3 is 6.18 Å². The second-order valence-electron chi connectivity index (χ2n) is 5.37. The number of nitrogens with zero attached hydrogens (tertiary/aromatic N) is 1. The molecule has 1 unspecified atom stereocenters. The Hall–Kier alpha value is -1.30. The maximum absolute atomic E-state index is 12.6. The fourth-order valence-corrected chi connectivity index (χ4v) is 2.28. The number of piperidine rings is 1. The molecule has 0 radical (unpaired) electrons. The van der Waals surface area contributed by atoms with E-state index in [4.69, 9.17) is 0 Å². The highest BCUT2D eigenvalue weighted by Gasteiger charge is 2.31. The predicted molar refractivity (Wildman–Crippen MR) is 67.9 cm³/mol. The molecule has 1 aliphatic rings. The van der Waals surface area contributed by atoms with Gasteiger partial charge in [-0.1, -0.05) is 6.92 Å². The van der Waals surface area contributed by atoms with Crippen molar-refractivity contribution in [2.45, 2.75) is 25.9 Å². The fraction of sp³-hybridized carbons (Fsp3) is 0.615. The number of alkyl halides is 3. The van der Waals surface area contributed by atoms with Crippen LogP contribution in [-0.4, -0.2) is 24.6 Å². The second-order valence-corrected chi connectivity index (χ2v) is 5.37. The van der Waals surface area contributed by atoms with Crippen LogP contribution in [0.15, 0.2) is 18.3 Å². The summed E-state index contributed by atoms with van der Waals surface area (Å²) in [6.07, 6.45) is -0.984. The summed E-state index contributed by atoms with van der Waals surface area (Å²) < 4.78 is 37.7. The van der Waals surface area contributed by atoms with Crippen LogP contribution in [0, 0.1) is 5.41 Å². The predicted octanol–water partition coefficient (Wildman–Crippen LogP) is 2.90. The SMILES string of the molecule is CC1(CNc2cc(C(F)(F)F)ccn2)CCCNC1. The Morgan fingerprint density at radius 2 is 2.26 bits per heavy atom. The Kier molecular flexibility index (Phi) is 3.99. The summed E-state index contributed by atoms with van der Waals surface area (Å²) in [7, 11) is 0. The van der Waals surface area contributed by atoms with E-state index in [2.05, 4.69) is 22.5 Å². The third-order valence-electron chi connectivity index (χ3n) is 3.47. The highest BCUT2D eigenvalue weighted by Crippen LogP contribution is 2.30. The van der Waals surface area contributed by atoms with Crippen LogP contribution >= 0.6 is 0 Å². The summed E-state index contributed by atoms with van der Waals surface area (Å²) >= 11 is 0. The van der Waals surface area contributed by atoms with E-state index in [9.17, 15) is 13.2 Å². The Morgan fingerprint density at radius 1 is 1.47 bits per heavy atom. The van der Waals surface area contributed by atoms with Crippen molar-refractivity contribution in [3.63, 3.8) is 0 Å². The average Bonchev–Trinajstić information content (AvgIpc) is 2.37. The third kappa shape index (κ3) is 3.83. The molecule has 0 bridgehead atoms. The van der Waals surface area contributed by atoms with E-state index in [1.807, 2.05) is 0 Å². The van der Waals surface area contributed by atoms with Crippen molar-refractivity contribution in [2.24, 2.45) is 5.41 Å². The minimum absolute atomic E-state index is 0.0637. The lowest BCUT2D eigenvalue weighted by atomic mass is 9.83. The van der Waals surface area contributed by atoms with Crippen LogP contribution in [0.2, 0.25) is 0 Å². The lowest BCUT2D eigenvalue weighted by Gasteiger charge is -2.34. The number of hydrogen-bond donors (Lipinski definition) is 2. The minimum Gasteiger partial charge on any atom is -0.369 e. The summed E-state index contributed by atoms with van der Waals surface area (Å²) in [6, 6.07) is 2.04. The summed E-state index contributed by atoms with van der Waals surface area (Å²) in [5.41, 5.74) is -0.606. The number of nitrogens with one attached hydrogen (secondary N) is 2. The van der Waals surface area contributed by atoms with Crippen molar-refractivity contribution in [1.82, 2.24) is 10.3 Å². The van der Waals surface area contributed by atoms with Gasteiger partial charge in [0, 0.05) is 19.3 Å². The highest BCUT2D eigenvalue weighted by molar-refractivity contribution is 5.38. The Morgan fingerprint density at radius 3 is 2.89 bits per heavy atom. The highest BCUT2D eigenvalue weighted by atomic mass is 19.4. The molecule has 1 aliphatic heterocycles. The largest absolute Gasteiger partial charge is 0.416 e. The monoisotopic (exact) mass is 273 g/mol. The number of anilines is 1. The van der Waals surface area contributed by atoms with Gasteiger partial charge in [-0.05, 0) is 36.9 Å². The van der Waals surface area contributed by atoms with E-state index in [-0.39, 0.29) is 11.2 Å². The van der Waals surface area contributed by atoms with Crippen LogP contribution in [0.4, 0.5) is 19.0 Å². The van der Waals surface area contributed by atoms with Gasteiger partial charge in [-0.3, -0.25) is 0 Å². The van der Waals surface area contributed by atoms with Gasteiger partial charge in [0.05, 0.1) is 5.56 Å². The molecule has 106 valence electrons. The Balaban J connectivity index is 1.99. The molecular formula is C13H18F3N3. The molecule has 3 nitrogen and oxygen atoms in total. The molecule has 0 amide bonds. The van der Waals surface area contributed by atoms with E-state index in [0.29, 0.717) is 6.54 Å². The molecule has 1 aromatic rings. The van der Waals surface area contributed by atoms with Gasteiger partial charge in [0.1, 0.15) is 5.82 Å². The summed E-state index contributed by atoms with van der Waals surface area (Å²) in [5.74, 6) is 0.279. The van der Waals surface area contributed by atoms with Crippen molar-refractivity contribution in [1.29, 1.82) is 0 Å². The topological polar surface area (TPSA) is 37.0 Å². The molecular weight excluding hydrogens is 255 g/mol. The third-order valence-corrected chi connectivity index (χ3v) is 3.47. The maximum Gasteiger partial charge on any atom is 0.416 e. The molecule has 2 heterocycles. The average molecular weight is 273 g/mol. The van der Waals surface area contributed by atoms with Gasteiger partial charge in [-0.15, -0.1) is 0 Å². The molecule has 2 N–H and O–H groups in total. The first kappa shape index (κ1) is 14.1. The molecule has 1 fully saturated rings. The zero-order chi connectivity index (χ0) is 13.9. The maximum atomic E-state index is 12.6. The zero-order valence-electron chi connectivity index (χ0n) is 10.8. The van der Waals surface area contributed by atoms with E-state index < -0.39 is 11.7 Å². The molecule has 1 aromatic heterocycles. The number of halogens is 3. The van der Waals surface area contributed by atoms with Gasteiger partial charge in [0.15, 0.2) is 0 Å². The van der Waals surface area contributed by atoms with Crippen molar-refractivity contribution >= 4 is 5.82 Å². The molecule has 0 saturated carbocycles. The van der Waals surface area contributed by atoms with E-state index in [1.165, 1.54) is 6.20 Å². The first-order chi connectivity index (χ1) is 8.89. The first-order valence-electron chi connectivity index (χ1n) is 6.37. The Bertz CT molecular complexity index is 425. The van der Waals surface area contributed by atoms with E-state index in [0.717, 1.165) is 38.1 Å². The summed E-state index contributed by atoms with van der Waals surface area (Å²) in [5, 5.41) is 6.32. The molecule has 1 saturated heterocycles. The van der Waals surface area contributed by atoms with Crippen molar-refractivity contribution in [2.75, 3.05) is 25.0 Å². The van der Waals surface area contributed by atoms with E-state index >= 15 is 0 Å². The van der Waals surface area contributed by atoms with Crippen molar-refractivity contribution in [3.8, 4) is 0 Å². The van der Waals surface area contributed by atoms with Gasteiger partial charge < -0.3 is 10.6 Å². The van der Waals surface area contributed by atoms with Crippen LogP contribution < -0.4 is 10.6 Å². The summed E-state index contributed by atoms with van der Waals surface area (Å²) in [6.45, 7) is 4.63. The molecule has 1 atom stereocenters. The van der Waals surface area contributed by atoms with Crippen LogP contribution in [-0.2, 0) is 6.18 Å². The normalized spacial score (nSPS) is 24.2. The van der Waals surface area contributed by atoms with Crippen LogP contribution in [0.25, 0.3) is 0 Å². The molecule has 0 aliphatic carbocycles.